The Bertz CT molecular complexity index is 601. The SMILES string of the molecule is COc1ccc(Cl)cc1C(N)c1ccc(F)cc1C. The van der Waals surface area contributed by atoms with E-state index in [1.165, 1.54) is 12.1 Å². The molecule has 0 bridgehead atoms. The average Bonchev–Trinajstić information content (AvgIpc) is 2.38. The summed E-state index contributed by atoms with van der Waals surface area (Å²) in [6.45, 7) is 1.83. The van der Waals surface area contributed by atoms with Crippen LogP contribution < -0.4 is 10.5 Å². The van der Waals surface area contributed by atoms with Gasteiger partial charge in [0, 0.05) is 10.6 Å². The smallest absolute Gasteiger partial charge is 0.124 e. The monoisotopic (exact) mass is 279 g/mol. The van der Waals surface area contributed by atoms with Gasteiger partial charge >= 0.3 is 0 Å². The van der Waals surface area contributed by atoms with Gasteiger partial charge in [-0.05, 0) is 48.4 Å². The number of hydrogen-bond acceptors (Lipinski definition) is 2. The zero-order valence-electron chi connectivity index (χ0n) is 10.8. The van der Waals surface area contributed by atoms with Crippen LogP contribution in [0.2, 0.25) is 5.02 Å². The number of methoxy groups -OCH3 is 1. The van der Waals surface area contributed by atoms with Gasteiger partial charge in [-0.2, -0.15) is 0 Å². The van der Waals surface area contributed by atoms with E-state index in [4.69, 9.17) is 22.1 Å². The van der Waals surface area contributed by atoms with Crippen molar-refractivity contribution < 1.29 is 9.13 Å². The van der Waals surface area contributed by atoms with Crippen LogP contribution in [-0.2, 0) is 0 Å². The van der Waals surface area contributed by atoms with Crippen molar-refractivity contribution in [1.82, 2.24) is 0 Å². The van der Waals surface area contributed by atoms with Gasteiger partial charge in [0.15, 0.2) is 0 Å². The van der Waals surface area contributed by atoms with Crippen LogP contribution in [0.25, 0.3) is 0 Å². The maximum atomic E-state index is 13.1. The Kier molecular flexibility index (Phi) is 4.08. The summed E-state index contributed by atoms with van der Waals surface area (Å²) in [6.07, 6.45) is 0. The molecule has 4 heteroatoms. The van der Waals surface area contributed by atoms with E-state index in [0.717, 1.165) is 16.7 Å². The quantitative estimate of drug-likeness (QED) is 0.926. The molecule has 1 atom stereocenters. The minimum atomic E-state index is -0.408. The number of benzene rings is 2. The van der Waals surface area contributed by atoms with Gasteiger partial charge in [0.25, 0.3) is 0 Å². The lowest BCUT2D eigenvalue weighted by Gasteiger charge is -2.18. The predicted octanol–water partition coefficient (Wildman–Crippen LogP) is 3.84. The molecule has 0 radical (unpaired) electrons. The molecule has 0 amide bonds. The number of ether oxygens (including phenoxy) is 1. The molecule has 0 aromatic heterocycles. The van der Waals surface area contributed by atoms with Crippen LogP contribution in [0, 0.1) is 12.7 Å². The molecule has 0 aliphatic heterocycles. The van der Waals surface area contributed by atoms with E-state index in [1.807, 2.05) is 6.92 Å². The first-order valence-corrected chi connectivity index (χ1v) is 6.26. The maximum Gasteiger partial charge on any atom is 0.124 e. The van der Waals surface area contributed by atoms with Crippen LogP contribution >= 0.6 is 11.6 Å². The van der Waals surface area contributed by atoms with Crippen LogP contribution in [-0.4, -0.2) is 7.11 Å². The lowest BCUT2D eigenvalue weighted by atomic mass is 9.95. The zero-order valence-corrected chi connectivity index (χ0v) is 11.5. The van der Waals surface area contributed by atoms with E-state index in [0.29, 0.717) is 10.8 Å². The van der Waals surface area contributed by atoms with Gasteiger partial charge in [0.05, 0.1) is 13.2 Å². The van der Waals surface area contributed by atoms with Gasteiger partial charge in [-0.25, -0.2) is 4.39 Å². The highest BCUT2D eigenvalue weighted by Gasteiger charge is 2.16. The van der Waals surface area contributed by atoms with Crippen LogP contribution in [0.5, 0.6) is 5.75 Å². The number of halogens is 2. The molecule has 0 fully saturated rings. The second-order valence-electron chi connectivity index (χ2n) is 4.36. The van der Waals surface area contributed by atoms with Crippen molar-refractivity contribution in [3.05, 3.63) is 63.9 Å². The summed E-state index contributed by atoms with van der Waals surface area (Å²) in [7, 11) is 1.58. The number of aryl methyl sites for hydroxylation is 1. The third kappa shape index (κ3) is 2.88. The molecule has 0 aliphatic rings. The summed E-state index contributed by atoms with van der Waals surface area (Å²) < 4.78 is 18.4. The molecule has 2 aromatic carbocycles. The van der Waals surface area contributed by atoms with E-state index in [-0.39, 0.29) is 5.82 Å². The Morgan fingerprint density at radius 3 is 2.53 bits per heavy atom. The molecule has 2 N–H and O–H groups in total. The van der Waals surface area contributed by atoms with Crippen molar-refractivity contribution >= 4 is 11.6 Å². The van der Waals surface area contributed by atoms with Crippen molar-refractivity contribution in [2.24, 2.45) is 5.73 Å². The molecular weight excluding hydrogens is 265 g/mol. The second kappa shape index (κ2) is 5.59. The Labute approximate surface area is 117 Å². The summed E-state index contributed by atoms with van der Waals surface area (Å²) in [5.41, 5.74) is 8.68. The van der Waals surface area contributed by atoms with Gasteiger partial charge in [0.1, 0.15) is 11.6 Å². The Morgan fingerprint density at radius 2 is 1.89 bits per heavy atom. The highest BCUT2D eigenvalue weighted by atomic mass is 35.5. The van der Waals surface area contributed by atoms with E-state index in [2.05, 4.69) is 0 Å². The molecule has 1 unspecified atom stereocenters. The van der Waals surface area contributed by atoms with E-state index >= 15 is 0 Å². The molecule has 0 spiro atoms. The Morgan fingerprint density at radius 1 is 1.16 bits per heavy atom. The third-order valence-corrected chi connectivity index (χ3v) is 3.33. The molecule has 2 rings (SSSR count). The Balaban J connectivity index is 2.49. The van der Waals surface area contributed by atoms with E-state index < -0.39 is 6.04 Å². The molecule has 0 heterocycles. The van der Waals surface area contributed by atoms with Crippen LogP contribution in [0.3, 0.4) is 0 Å². The van der Waals surface area contributed by atoms with Gasteiger partial charge in [0.2, 0.25) is 0 Å². The average molecular weight is 280 g/mol. The predicted molar refractivity (Wildman–Crippen MR) is 75.2 cm³/mol. The van der Waals surface area contributed by atoms with Gasteiger partial charge < -0.3 is 10.5 Å². The van der Waals surface area contributed by atoms with Crippen molar-refractivity contribution in [3.8, 4) is 5.75 Å². The highest BCUT2D eigenvalue weighted by molar-refractivity contribution is 6.30. The van der Waals surface area contributed by atoms with E-state index in [1.54, 1.807) is 31.4 Å². The lowest BCUT2D eigenvalue weighted by molar-refractivity contribution is 0.408. The maximum absolute atomic E-state index is 13.1. The molecule has 0 saturated carbocycles. The zero-order chi connectivity index (χ0) is 14.0. The second-order valence-corrected chi connectivity index (χ2v) is 4.80. The summed E-state index contributed by atoms with van der Waals surface area (Å²) in [4.78, 5) is 0. The van der Waals surface area contributed by atoms with Gasteiger partial charge in [-0.3, -0.25) is 0 Å². The van der Waals surface area contributed by atoms with Crippen molar-refractivity contribution in [2.75, 3.05) is 7.11 Å². The first-order chi connectivity index (χ1) is 9.02. The summed E-state index contributed by atoms with van der Waals surface area (Å²) in [5, 5.41) is 0.589. The Hall–Kier alpha value is -1.58. The summed E-state index contributed by atoms with van der Waals surface area (Å²) >= 11 is 6.00. The third-order valence-electron chi connectivity index (χ3n) is 3.09. The van der Waals surface area contributed by atoms with Crippen molar-refractivity contribution in [2.45, 2.75) is 13.0 Å². The van der Waals surface area contributed by atoms with Gasteiger partial charge in [-0.1, -0.05) is 17.7 Å². The number of rotatable bonds is 3. The molecule has 19 heavy (non-hydrogen) atoms. The van der Waals surface area contributed by atoms with Gasteiger partial charge in [-0.15, -0.1) is 0 Å². The molecule has 0 aliphatic carbocycles. The lowest BCUT2D eigenvalue weighted by Crippen LogP contribution is -2.14. The summed E-state index contributed by atoms with van der Waals surface area (Å²) in [5.74, 6) is 0.395. The number of hydrogen-bond donors (Lipinski definition) is 1. The van der Waals surface area contributed by atoms with E-state index in [9.17, 15) is 4.39 Å². The first-order valence-electron chi connectivity index (χ1n) is 5.88. The molecule has 2 aromatic rings. The molecular formula is C15H15ClFNO. The van der Waals surface area contributed by atoms with Crippen LogP contribution in [0.4, 0.5) is 4.39 Å². The molecule has 100 valence electrons. The minimum Gasteiger partial charge on any atom is -0.496 e. The fourth-order valence-corrected chi connectivity index (χ4v) is 2.28. The minimum absolute atomic E-state index is 0.272. The first kappa shape index (κ1) is 13.8. The topological polar surface area (TPSA) is 35.2 Å². The largest absolute Gasteiger partial charge is 0.496 e. The van der Waals surface area contributed by atoms with Crippen molar-refractivity contribution in [1.29, 1.82) is 0 Å². The molecule has 2 nitrogen and oxygen atoms in total. The summed E-state index contributed by atoms with van der Waals surface area (Å²) in [6, 6.07) is 9.44. The fourth-order valence-electron chi connectivity index (χ4n) is 2.10. The number of nitrogens with two attached hydrogens (primary N) is 1. The fraction of sp³-hybridized carbons (Fsp3) is 0.200. The molecule has 0 saturated heterocycles. The standard InChI is InChI=1S/C15H15ClFNO/c1-9-7-11(17)4-5-12(9)15(18)13-8-10(16)3-6-14(13)19-2/h3-8,15H,18H2,1-2H3. The highest BCUT2D eigenvalue weighted by Crippen LogP contribution is 2.32. The normalized spacial score (nSPS) is 12.3. The van der Waals surface area contributed by atoms with Crippen LogP contribution in [0.1, 0.15) is 22.7 Å². The van der Waals surface area contributed by atoms with Crippen molar-refractivity contribution in [3.63, 3.8) is 0 Å². The van der Waals surface area contributed by atoms with Crippen LogP contribution in [0.15, 0.2) is 36.4 Å².